The summed E-state index contributed by atoms with van der Waals surface area (Å²) in [7, 11) is 0. The van der Waals surface area contributed by atoms with Crippen LogP contribution in [0.1, 0.15) is 11.8 Å². The highest BCUT2D eigenvalue weighted by Gasteiger charge is 2.25. The van der Waals surface area contributed by atoms with Crippen LogP contribution in [-0.4, -0.2) is 24.9 Å². The molecule has 0 bridgehead atoms. The Balaban J connectivity index is 1.70. The molecule has 0 radical (unpaired) electrons. The lowest BCUT2D eigenvalue weighted by Crippen LogP contribution is -2.39. The smallest absolute Gasteiger partial charge is 0.239 e. The van der Waals surface area contributed by atoms with Crippen molar-refractivity contribution < 1.29 is 9.59 Å². The highest BCUT2D eigenvalue weighted by molar-refractivity contribution is 7.09. The average molecular weight is 329 g/mol. The number of carbonyl (C=O) groups is 2. The van der Waals surface area contributed by atoms with Crippen molar-refractivity contribution in [3.8, 4) is 0 Å². The summed E-state index contributed by atoms with van der Waals surface area (Å²) in [6.45, 7) is 3.17. The SMILES string of the molecule is C[C@@H]1CN(CC(=O)NCc2cccs2)c2ccccc2NC1=O. The standard InChI is InChI=1S/C17H19N3O2S/c1-12-10-20(11-16(21)18-9-13-5-4-8-23-13)15-7-3-2-6-14(15)19-17(12)22/h2-8,12H,9-11H2,1H3,(H,18,21)(H,19,22)/t12-/m1/s1. The van der Waals surface area contributed by atoms with Gasteiger partial charge in [0.25, 0.3) is 0 Å². The van der Waals surface area contributed by atoms with Gasteiger partial charge in [0.2, 0.25) is 11.8 Å². The highest BCUT2D eigenvalue weighted by atomic mass is 32.1. The zero-order valence-corrected chi connectivity index (χ0v) is 13.7. The van der Waals surface area contributed by atoms with E-state index in [0.29, 0.717) is 13.1 Å². The molecule has 0 aliphatic carbocycles. The Bertz CT molecular complexity index is 700. The molecule has 0 saturated carbocycles. The van der Waals surface area contributed by atoms with Crippen molar-refractivity contribution in [1.82, 2.24) is 5.32 Å². The molecular formula is C17H19N3O2S. The number of benzene rings is 1. The van der Waals surface area contributed by atoms with Gasteiger partial charge < -0.3 is 15.5 Å². The summed E-state index contributed by atoms with van der Waals surface area (Å²) < 4.78 is 0. The van der Waals surface area contributed by atoms with Crippen LogP contribution in [-0.2, 0) is 16.1 Å². The number of carbonyl (C=O) groups excluding carboxylic acids is 2. The fourth-order valence-electron chi connectivity index (χ4n) is 2.60. The number of anilines is 2. The second-order valence-corrected chi connectivity index (χ2v) is 6.68. The van der Waals surface area contributed by atoms with Gasteiger partial charge in [0.1, 0.15) is 0 Å². The van der Waals surface area contributed by atoms with E-state index in [0.717, 1.165) is 16.3 Å². The molecule has 120 valence electrons. The van der Waals surface area contributed by atoms with Crippen LogP contribution in [0.4, 0.5) is 11.4 Å². The minimum absolute atomic E-state index is 0.0149. The maximum atomic E-state index is 12.3. The van der Waals surface area contributed by atoms with E-state index in [-0.39, 0.29) is 24.3 Å². The van der Waals surface area contributed by atoms with Crippen LogP contribution in [0.15, 0.2) is 41.8 Å². The Labute approximate surface area is 139 Å². The molecule has 1 aliphatic rings. The van der Waals surface area contributed by atoms with Crippen molar-refractivity contribution in [1.29, 1.82) is 0 Å². The van der Waals surface area contributed by atoms with Gasteiger partial charge >= 0.3 is 0 Å². The predicted octanol–water partition coefficient (Wildman–Crippen LogP) is 2.46. The van der Waals surface area contributed by atoms with E-state index in [2.05, 4.69) is 10.6 Å². The molecule has 23 heavy (non-hydrogen) atoms. The van der Waals surface area contributed by atoms with Crippen LogP contribution in [0.3, 0.4) is 0 Å². The van der Waals surface area contributed by atoms with Gasteiger partial charge in [-0.3, -0.25) is 9.59 Å². The van der Waals surface area contributed by atoms with Gasteiger partial charge in [0, 0.05) is 11.4 Å². The van der Waals surface area contributed by atoms with Crippen LogP contribution in [0.25, 0.3) is 0 Å². The van der Waals surface area contributed by atoms with Crippen molar-refractivity contribution in [3.05, 3.63) is 46.7 Å². The first kappa shape index (κ1) is 15.6. The van der Waals surface area contributed by atoms with Gasteiger partial charge in [0.15, 0.2) is 0 Å². The van der Waals surface area contributed by atoms with Crippen LogP contribution in [0.2, 0.25) is 0 Å². The third kappa shape index (κ3) is 3.71. The third-order valence-corrected chi connectivity index (χ3v) is 4.70. The Morgan fingerprint density at radius 1 is 1.35 bits per heavy atom. The maximum absolute atomic E-state index is 12.3. The molecule has 2 N–H and O–H groups in total. The molecular weight excluding hydrogens is 310 g/mol. The number of thiophene rings is 1. The number of hydrogen-bond acceptors (Lipinski definition) is 4. The molecule has 0 unspecified atom stereocenters. The normalized spacial score (nSPS) is 17.2. The number of amides is 2. The minimum Gasteiger partial charge on any atom is -0.360 e. The summed E-state index contributed by atoms with van der Waals surface area (Å²) in [6.07, 6.45) is 0. The van der Waals surface area contributed by atoms with Gasteiger partial charge in [-0.1, -0.05) is 25.1 Å². The monoisotopic (exact) mass is 329 g/mol. The molecule has 2 amide bonds. The number of rotatable bonds is 4. The van der Waals surface area contributed by atoms with Gasteiger partial charge in [-0.2, -0.15) is 0 Å². The molecule has 1 aromatic heterocycles. The highest BCUT2D eigenvalue weighted by Crippen LogP contribution is 2.29. The van der Waals surface area contributed by atoms with Crippen LogP contribution in [0.5, 0.6) is 0 Å². The molecule has 0 spiro atoms. The fraction of sp³-hybridized carbons (Fsp3) is 0.294. The van der Waals surface area contributed by atoms with Crippen molar-refractivity contribution in [3.63, 3.8) is 0 Å². The topological polar surface area (TPSA) is 61.4 Å². The summed E-state index contributed by atoms with van der Waals surface area (Å²) in [5.41, 5.74) is 1.64. The maximum Gasteiger partial charge on any atom is 0.239 e. The molecule has 2 aromatic rings. The second kappa shape index (κ2) is 6.83. The molecule has 1 aliphatic heterocycles. The quantitative estimate of drug-likeness (QED) is 0.906. The summed E-state index contributed by atoms with van der Waals surface area (Å²) in [6, 6.07) is 11.6. The van der Waals surface area contributed by atoms with Gasteiger partial charge in [-0.15, -0.1) is 11.3 Å². The first-order chi connectivity index (χ1) is 11.1. The van der Waals surface area contributed by atoms with E-state index >= 15 is 0 Å². The summed E-state index contributed by atoms with van der Waals surface area (Å²) in [5, 5.41) is 7.84. The van der Waals surface area contributed by atoms with Gasteiger partial charge in [-0.05, 0) is 23.6 Å². The van der Waals surface area contributed by atoms with Gasteiger partial charge in [-0.25, -0.2) is 0 Å². The van der Waals surface area contributed by atoms with Crippen molar-refractivity contribution in [2.45, 2.75) is 13.5 Å². The summed E-state index contributed by atoms with van der Waals surface area (Å²) in [4.78, 5) is 27.4. The van der Waals surface area contributed by atoms with Crippen LogP contribution >= 0.6 is 11.3 Å². The van der Waals surface area contributed by atoms with Crippen molar-refractivity contribution in [2.75, 3.05) is 23.3 Å². The van der Waals surface area contributed by atoms with E-state index in [1.807, 2.05) is 53.6 Å². The van der Waals surface area contributed by atoms with Gasteiger partial charge in [0.05, 0.1) is 30.4 Å². The second-order valence-electron chi connectivity index (χ2n) is 5.64. The molecule has 0 fully saturated rings. The van der Waals surface area contributed by atoms with E-state index in [4.69, 9.17) is 0 Å². The first-order valence-electron chi connectivity index (χ1n) is 7.57. The average Bonchev–Trinajstić information content (AvgIpc) is 3.02. The first-order valence-corrected chi connectivity index (χ1v) is 8.45. The Morgan fingerprint density at radius 3 is 2.96 bits per heavy atom. The number of hydrogen-bond donors (Lipinski definition) is 2. The zero-order valence-electron chi connectivity index (χ0n) is 12.9. The van der Waals surface area contributed by atoms with E-state index in [9.17, 15) is 9.59 Å². The minimum atomic E-state index is -0.174. The number of nitrogens with zero attached hydrogens (tertiary/aromatic N) is 1. The fourth-order valence-corrected chi connectivity index (χ4v) is 3.25. The number of nitrogens with one attached hydrogen (secondary N) is 2. The van der Waals surface area contributed by atoms with E-state index in [1.54, 1.807) is 11.3 Å². The Hall–Kier alpha value is -2.34. The lowest BCUT2D eigenvalue weighted by molar-refractivity contribution is -0.121. The number of fused-ring (bicyclic) bond motifs is 1. The lowest BCUT2D eigenvalue weighted by Gasteiger charge is -2.24. The van der Waals surface area contributed by atoms with Crippen molar-refractivity contribution >= 4 is 34.5 Å². The third-order valence-electron chi connectivity index (χ3n) is 3.82. The molecule has 1 atom stereocenters. The molecule has 0 saturated heterocycles. The molecule has 2 heterocycles. The Kier molecular flexibility index (Phi) is 4.62. The summed E-state index contributed by atoms with van der Waals surface area (Å²) >= 11 is 1.62. The zero-order chi connectivity index (χ0) is 16.2. The molecule has 5 nitrogen and oxygen atoms in total. The molecule has 3 rings (SSSR count). The molecule has 1 aromatic carbocycles. The number of para-hydroxylation sites is 2. The largest absolute Gasteiger partial charge is 0.360 e. The molecule has 6 heteroatoms. The van der Waals surface area contributed by atoms with E-state index < -0.39 is 0 Å². The van der Waals surface area contributed by atoms with Crippen molar-refractivity contribution in [2.24, 2.45) is 5.92 Å². The van der Waals surface area contributed by atoms with E-state index in [1.165, 1.54) is 0 Å². The lowest BCUT2D eigenvalue weighted by atomic mass is 10.1. The summed E-state index contributed by atoms with van der Waals surface area (Å²) in [5.74, 6) is -0.235. The predicted molar refractivity (Wildman–Crippen MR) is 92.6 cm³/mol. The van der Waals surface area contributed by atoms with Crippen LogP contribution < -0.4 is 15.5 Å². The van der Waals surface area contributed by atoms with Crippen LogP contribution in [0, 0.1) is 5.92 Å². The Morgan fingerprint density at radius 2 is 2.17 bits per heavy atom.